The molecule has 2 rings (SSSR count). The number of oxime groups is 1. The summed E-state index contributed by atoms with van der Waals surface area (Å²) >= 11 is 3.34. The van der Waals surface area contributed by atoms with Gasteiger partial charge in [-0.3, -0.25) is 4.79 Å². The van der Waals surface area contributed by atoms with Gasteiger partial charge >= 0.3 is 0 Å². The van der Waals surface area contributed by atoms with Crippen molar-refractivity contribution >= 4 is 33.3 Å². The van der Waals surface area contributed by atoms with Crippen molar-refractivity contribution in [1.82, 2.24) is 10.5 Å². The van der Waals surface area contributed by atoms with Gasteiger partial charge in [-0.05, 0) is 31.2 Å². The molecule has 0 fully saturated rings. The smallest absolute Gasteiger partial charge is 0.276 e. The monoisotopic (exact) mass is 396 g/mol. The number of hydrogen-bond acceptors (Lipinski definition) is 6. The van der Waals surface area contributed by atoms with Crippen LogP contribution < -0.4 is 10.3 Å². The van der Waals surface area contributed by atoms with Gasteiger partial charge < -0.3 is 10.0 Å². The fourth-order valence-corrected chi connectivity index (χ4v) is 2.78. The van der Waals surface area contributed by atoms with Crippen LogP contribution in [0, 0.1) is 5.41 Å². The number of amides is 1. The number of likely N-dealkylation sites (N-methyl/N-ethyl adjacent to an activating group) is 1. The van der Waals surface area contributed by atoms with Gasteiger partial charge in [0, 0.05) is 16.9 Å². The summed E-state index contributed by atoms with van der Waals surface area (Å²) in [6.07, 6.45) is 0. The summed E-state index contributed by atoms with van der Waals surface area (Å²) in [5.41, 5.74) is 0.836. The molecular formula is C16H21BrN4O3. The van der Waals surface area contributed by atoms with E-state index in [4.69, 9.17) is 4.84 Å². The number of nitrogens with zero attached hydrogens (tertiary/aromatic N) is 3. The summed E-state index contributed by atoms with van der Waals surface area (Å²) in [5, 5.41) is 19.4. The van der Waals surface area contributed by atoms with Crippen LogP contribution in [0.3, 0.4) is 0 Å². The maximum atomic E-state index is 12.7. The Morgan fingerprint density at radius 2 is 1.96 bits per heavy atom. The number of rotatable bonds is 4. The standard InChI is InChI=1S/C16H21BrN4O3/c1-10(19-24-12-8-6-11(17)7-9-12)16(20-23)13(15(2,3)4)18-21(5)14(16)22/h6-9,20,23H,1-5H3/b19-10+. The first-order chi connectivity index (χ1) is 11.1. The minimum absolute atomic E-state index is 0.260. The lowest BCUT2D eigenvalue weighted by Crippen LogP contribution is -2.63. The van der Waals surface area contributed by atoms with Crippen molar-refractivity contribution in [3.05, 3.63) is 28.7 Å². The van der Waals surface area contributed by atoms with E-state index >= 15 is 0 Å². The van der Waals surface area contributed by atoms with E-state index in [9.17, 15) is 10.0 Å². The lowest BCUT2D eigenvalue weighted by Gasteiger charge is -2.32. The molecule has 24 heavy (non-hydrogen) atoms. The zero-order chi connectivity index (χ0) is 18.1. The molecule has 0 spiro atoms. The maximum absolute atomic E-state index is 12.7. The van der Waals surface area contributed by atoms with Crippen molar-refractivity contribution in [1.29, 1.82) is 0 Å². The molecule has 0 saturated carbocycles. The molecule has 1 heterocycles. The van der Waals surface area contributed by atoms with Crippen molar-refractivity contribution < 1.29 is 14.8 Å². The van der Waals surface area contributed by atoms with Crippen LogP contribution in [0.4, 0.5) is 0 Å². The summed E-state index contributed by atoms with van der Waals surface area (Å²) in [4.78, 5) is 18.1. The summed E-state index contributed by atoms with van der Waals surface area (Å²) in [7, 11) is 1.54. The summed E-state index contributed by atoms with van der Waals surface area (Å²) in [6.45, 7) is 7.34. The zero-order valence-corrected chi connectivity index (χ0v) is 15.9. The van der Waals surface area contributed by atoms with Crippen LogP contribution in [0.5, 0.6) is 5.75 Å². The first-order valence-corrected chi connectivity index (χ1v) is 8.19. The van der Waals surface area contributed by atoms with E-state index < -0.39 is 16.9 Å². The highest BCUT2D eigenvalue weighted by Gasteiger charge is 2.56. The van der Waals surface area contributed by atoms with Crippen LogP contribution in [0.2, 0.25) is 0 Å². The van der Waals surface area contributed by atoms with Crippen LogP contribution in [-0.4, -0.2) is 40.1 Å². The maximum Gasteiger partial charge on any atom is 0.276 e. The minimum Gasteiger partial charge on any atom is -0.357 e. The topological polar surface area (TPSA) is 86.5 Å². The van der Waals surface area contributed by atoms with Crippen LogP contribution >= 0.6 is 15.9 Å². The quantitative estimate of drug-likeness (QED) is 0.604. The molecule has 1 atom stereocenters. The van der Waals surface area contributed by atoms with E-state index in [1.54, 1.807) is 19.1 Å². The highest BCUT2D eigenvalue weighted by molar-refractivity contribution is 9.10. The average Bonchev–Trinajstić information content (AvgIpc) is 2.79. The van der Waals surface area contributed by atoms with Crippen molar-refractivity contribution in [2.24, 2.45) is 15.7 Å². The van der Waals surface area contributed by atoms with Gasteiger partial charge in [0.25, 0.3) is 5.91 Å². The molecule has 7 nitrogen and oxygen atoms in total. The molecule has 0 saturated heterocycles. The Morgan fingerprint density at radius 3 is 2.46 bits per heavy atom. The Balaban J connectivity index is 2.40. The van der Waals surface area contributed by atoms with Gasteiger partial charge in [0.1, 0.15) is 0 Å². The molecule has 1 unspecified atom stereocenters. The van der Waals surface area contributed by atoms with Crippen molar-refractivity contribution in [3.63, 3.8) is 0 Å². The van der Waals surface area contributed by atoms with Gasteiger partial charge in [0.05, 0.1) is 11.4 Å². The van der Waals surface area contributed by atoms with Gasteiger partial charge in [0.2, 0.25) is 5.54 Å². The number of hydrazone groups is 1. The summed E-state index contributed by atoms with van der Waals surface area (Å²) in [5.74, 6) is 0.0919. The van der Waals surface area contributed by atoms with E-state index in [0.717, 1.165) is 4.47 Å². The molecule has 0 aromatic heterocycles. The third kappa shape index (κ3) is 3.22. The highest BCUT2D eigenvalue weighted by Crippen LogP contribution is 2.32. The minimum atomic E-state index is -1.54. The van der Waals surface area contributed by atoms with Gasteiger partial charge in [0.15, 0.2) is 5.75 Å². The van der Waals surface area contributed by atoms with Crippen molar-refractivity contribution in [2.45, 2.75) is 33.2 Å². The van der Waals surface area contributed by atoms with E-state index in [1.165, 1.54) is 12.1 Å². The number of halogens is 1. The molecule has 0 bridgehead atoms. The van der Waals surface area contributed by atoms with E-state index in [0.29, 0.717) is 11.5 Å². The first kappa shape index (κ1) is 18.6. The predicted molar refractivity (Wildman–Crippen MR) is 95.2 cm³/mol. The number of hydrogen-bond donors (Lipinski definition) is 2. The van der Waals surface area contributed by atoms with Crippen molar-refractivity contribution in [3.8, 4) is 5.75 Å². The second-order valence-corrected chi connectivity index (χ2v) is 7.53. The average molecular weight is 397 g/mol. The van der Waals surface area contributed by atoms with Gasteiger partial charge in [-0.1, -0.05) is 41.9 Å². The van der Waals surface area contributed by atoms with Gasteiger partial charge in [-0.2, -0.15) is 10.6 Å². The highest BCUT2D eigenvalue weighted by atomic mass is 79.9. The largest absolute Gasteiger partial charge is 0.357 e. The Labute approximate surface area is 149 Å². The number of carbonyl (C=O) groups excluding carboxylic acids is 1. The molecule has 0 aliphatic carbocycles. The summed E-state index contributed by atoms with van der Waals surface area (Å²) < 4.78 is 0.916. The van der Waals surface area contributed by atoms with Crippen LogP contribution in [-0.2, 0) is 4.79 Å². The lowest BCUT2D eigenvalue weighted by atomic mass is 9.75. The van der Waals surface area contributed by atoms with Crippen LogP contribution in [0.25, 0.3) is 0 Å². The number of hydroxylamine groups is 1. The van der Waals surface area contributed by atoms with Crippen LogP contribution in [0.1, 0.15) is 27.7 Å². The fourth-order valence-electron chi connectivity index (χ4n) is 2.52. The number of nitrogens with one attached hydrogen (secondary N) is 1. The van der Waals surface area contributed by atoms with Crippen molar-refractivity contribution in [2.75, 3.05) is 7.05 Å². The second kappa shape index (κ2) is 6.62. The molecule has 2 N–H and O–H groups in total. The number of carbonyl (C=O) groups is 1. The third-order valence-corrected chi connectivity index (χ3v) is 4.27. The molecule has 1 amide bonds. The normalized spacial score (nSPS) is 22.0. The van der Waals surface area contributed by atoms with E-state index in [2.05, 4.69) is 31.7 Å². The van der Waals surface area contributed by atoms with Gasteiger partial charge in [-0.25, -0.2) is 5.01 Å². The Morgan fingerprint density at radius 1 is 1.38 bits per heavy atom. The lowest BCUT2D eigenvalue weighted by molar-refractivity contribution is -0.133. The zero-order valence-electron chi connectivity index (χ0n) is 14.3. The molecule has 1 aliphatic heterocycles. The third-order valence-electron chi connectivity index (χ3n) is 3.74. The Bertz CT molecular complexity index is 694. The van der Waals surface area contributed by atoms with Gasteiger partial charge in [-0.15, -0.1) is 0 Å². The Kier molecular flexibility index (Phi) is 5.12. The second-order valence-electron chi connectivity index (χ2n) is 6.61. The van der Waals surface area contributed by atoms with E-state index in [-0.39, 0.29) is 5.71 Å². The molecule has 8 heteroatoms. The fraction of sp³-hybridized carbons (Fsp3) is 0.438. The van der Waals surface area contributed by atoms with E-state index in [1.807, 2.05) is 32.9 Å². The molecular weight excluding hydrogens is 376 g/mol. The molecule has 130 valence electrons. The summed E-state index contributed by atoms with van der Waals surface area (Å²) in [6, 6.07) is 7.11. The Hall–Kier alpha value is -1.77. The molecule has 1 aromatic carbocycles. The molecule has 1 aliphatic rings. The molecule has 0 radical (unpaired) electrons. The van der Waals surface area contributed by atoms with Crippen LogP contribution in [0.15, 0.2) is 39.0 Å². The molecule has 1 aromatic rings. The first-order valence-electron chi connectivity index (χ1n) is 7.39. The SMILES string of the molecule is C/C(=N\Oc1ccc(Br)cc1)C1(NO)C(=O)N(C)N=C1C(C)(C)C. The predicted octanol–water partition coefficient (Wildman–Crippen LogP) is 2.80. The number of benzene rings is 1.